The average molecular weight is 235 g/mol. The van der Waals surface area contributed by atoms with Gasteiger partial charge < -0.3 is 14.4 Å². The normalized spacial score (nSPS) is 12.6. The molecule has 6 nitrogen and oxygen atoms in total. The van der Waals surface area contributed by atoms with Crippen molar-refractivity contribution in [3.63, 3.8) is 0 Å². The molecule has 0 saturated heterocycles. The van der Waals surface area contributed by atoms with Crippen LogP contribution in [0.5, 0.6) is 5.75 Å². The summed E-state index contributed by atoms with van der Waals surface area (Å²) in [5, 5.41) is 13.4. The van der Waals surface area contributed by atoms with E-state index in [2.05, 4.69) is 15.1 Å². The Labute approximate surface area is 98.3 Å². The highest BCUT2D eigenvalue weighted by Crippen LogP contribution is 2.26. The molecular formula is C11H13N3O3. The zero-order valence-electron chi connectivity index (χ0n) is 9.62. The number of methoxy groups -OCH3 is 1. The molecule has 17 heavy (non-hydrogen) atoms. The van der Waals surface area contributed by atoms with Crippen molar-refractivity contribution in [2.45, 2.75) is 19.4 Å². The van der Waals surface area contributed by atoms with E-state index in [0.717, 1.165) is 0 Å². The fourth-order valence-electron chi connectivity index (χ4n) is 1.35. The van der Waals surface area contributed by atoms with E-state index in [9.17, 15) is 5.11 Å². The van der Waals surface area contributed by atoms with Gasteiger partial charge in [-0.15, -0.1) is 0 Å². The van der Waals surface area contributed by atoms with Crippen LogP contribution in [0.4, 0.5) is 0 Å². The first-order valence-corrected chi connectivity index (χ1v) is 5.19. The number of aromatic nitrogens is 3. The first-order valence-electron chi connectivity index (χ1n) is 5.19. The Balaban J connectivity index is 2.21. The Morgan fingerprint density at radius 1 is 1.53 bits per heavy atom. The zero-order chi connectivity index (χ0) is 12.3. The summed E-state index contributed by atoms with van der Waals surface area (Å²) in [6.45, 7) is 1.92. The van der Waals surface area contributed by atoms with Crippen molar-refractivity contribution in [3.8, 4) is 17.2 Å². The predicted molar refractivity (Wildman–Crippen MR) is 59.4 cm³/mol. The fourth-order valence-corrected chi connectivity index (χ4v) is 1.35. The number of pyridine rings is 1. The van der Waals surface area contributed by atoms with Gasteiger partial charge in [-0.3, -0.25) is 4.98 Å². The van der Waals surface area contributed by atoms with Crippen LogP contribution in [0.15, 0.2) is 23.0 Å². The molecule has 0 radical (unpaired) electrons. The molecule has 0 aliphatic heterocycles. The first kappa shape index (κ1) is 11.5. The molecule has 6 heteroatoms. The lowest BCUT2D eigenvalue weighted by atomic mass is 10.2. The molecule has 0 bridgehead atoms. The van der Waals surface area contributed by atoms with Crippen LogP contribution in [0.3, 0.4) is 0 Å². The van der Waals surface area contributed by atoms with E-state index in [1.807, 2.05) is 6.92 Å². The van der Waals surface area contributed by atoms with Gasteiger partial charge in [-0.05, 0) is 13.0 Å². The number of aromatic hydroxyl groups is 1. The van der Waals surface area contributed by atoms with Crippen molar-refractivity contribution in [3.05, 3.63) is 24.3 Å². The van der Waals surface area contributed by atoms with Crippen molar-refractivity contribution in [2.24, 2.45) is 0 Å². The highest BCUT2D eigenvalue weighted by molar-refractivity contribution is 5.60. The Bertz CT molecular complexity index is 498. The molecular weight excluding hydrogens is 222 g/mol. The van der Waals surface area contributed by atoms with Gasteiger partial charge in [-0.1, -0.05) is 5.16 Å². The van der Waals surface area contributed by atoms with Gasteiger partial charge >= 0.3 is 0 Å². The van der Waals surface area contributed by atoms with Crippen molar-refractivity contribution < 1.29 is 14.4 Å². The van der Waals surface area contributed by atoms with Crippen molar-refractivity contribution >= 4 is 0 Å². The number of ether oxygens (including phenoxy) is 1. The molecule has 1 N–H and O–H groups in total. The van der Waals surface area contributed by atoms with Gasteiger partial charge in [0.25, 0.3) is 5.89 Å². The Morgan fingerprint density at radius 2 is 2.35 bits per heavy atom. The van der Waals surface area contributed by atoms with Gasteiger partial charge in [-0.2, -0.15) is 4.98 Å². The van der Waals surface area contributed by atoms with Crippen LogP contribution in [0, 0.1) is 0 Å². The maximum atomic E-state index is 9.59. The number of hydrogen-bond donors (Lipinski definition) is 1. The van der Waals surface area contributed by atoms with Gasteiger partial charge in [0.1, 0.15) is 5.75 Å². The summed E-state index contributed by atoms with van der Waals surface area (Å²) in [6, 6.07) is 1.62. The highest BCUT2D eigenvalue weighted by Gasteiger charge is 2.14. The second-order valence-electron chi connectivity index (χ2n) is 3.66. The summed E-state index contributed by atoms with van der Waals surface area (Å²) >= 11 is 0. The van der Waals surface area contributed by atoms with Crippen molar-refractivity contribution in [1.29, 1.82) is 0 Å². The first-order chi connectivity index (χ1) is 8.20. The third-order valence-corrected chi connectivity index (χ3v) is 2.37. The van der Waals surface area contributed by atoms with E-state index < -0.39 is 0 Å². The SMILES string of the molecule is COC(C)Cc1noc(-c2ccncc2O)n1. The monoisotopic (exact) mass is 235 g/mol. The minimum absolute atomic E-state index is 0.0162. The molecule has 0 fully saturated rings. The van der Waals surface area contributed by atoms with Crippen LogP contribution in [0.2, 0.25) is 0 Å². The van der Waals surface area contributed by atoms with E-state index in [-0.39, 0.29) is 17.7 Å². The molecule has 0 amide bonds. The van der Waals surface area contributed by atoms with Gasteiger partial charge in [0, 0.05) is 19.7 Å². The van der Waals surface area contributed by atoms with Gasteiger partial charge in [0.15, 0.2) is 5.82 Å². The summed E-state index contributed by atoms with van der Waals surface area (Å²) in [5.74, 6) is 0.844. The van der Waals surface area contributed by atoms with E-state index in [1.165, 1.54) is 6.20 Å². The Kier molecular flexibility index (Phi) is 3.34. The van der Waals surface area contributed by atoms with E-state index in [0.29, 0.717) is 17.8 Å². The molecule has 0 aliphatic carbocycles. The number of nitrogens with zero attached hydrogens (tertiary/aromatic N) is 3. The molecule has 2 heterocycles. The van der Waals surface area contributed by atoms with Gasteiger partial charge in [0.2, 0.25) is 0 Å². The zero-order valence-corrected chi connectivity index (χ0v) is 9.62. The summed E-state index contributed by atoms with van der Waals surface area (Å²) in [4.78, 5) is 7.96. The second-order valence-corrected chi connectivity index (χ2v) is 3.66. The molecule has 1 atom stereocenters. The second kappa shape index (κ2) is 4.92. The van der Waals surface area contributed by atoms with Gasteiger partial charge in [0.05, 0.1) is 17.9 Å². The van der Waals surface area contributed by atoms with Crippen molar-refractivity contribution in [2.75, 3.05) is 7.11 Å². The Hall–Kier alpha value is -1.95. The smallest absolute Gasteiger partial charge is 0.261 e. The number of rotatable bonds is 4. The topological polar surface area (TPSA) is 81.3 Å². The standard InChI is InChI=1S/C11H13N3O3/c1-7(16-2)5-10-13-11(17-14-10)8-3-4-12-6-9(8)15/h3-4,6-7,15H,5H2,1-2H3. The largest absolute Gasteiger partial charge is 0.505 e. The molecule has 2 rings (SSSR count). The van der Waals surface area contributed by atoms with Crippen LogP contribution in [0.1, 0.15) is 12.7 Å². The lowest BCUT2D eigenvalue weighted by Crippen LogP contribution is -2.09. The minimum atomic E-state index is 0.0162. The van der Waals surface area contributed by atoms with E-state index in [1.54, 1.807) is 19.4 Å². The van der Waals surface area contributed by atoms with Crippen LogP contribution in [0.25, 0.3) is 11.5 Å². The van der Waals surface area contributed by atoms with Crippen LogP contribution in [-0.4, -0.2) is 33.4 Å². The molecule has 2 aromatic heterocycles. The van der Waals surface area contributed by atoms with Crippen molar-refractivity contribution in [1.82, 2.24) is 15.1 Å². The molecule has 0 aliphatic rings. The molecule has 0 spiro atoms. The molecule has 2 aromatic rings. The maximum Gasteiger partial charge on any atom is 0.261 e. The van der Waals surface area contributed by atoms with E-state index in [4.69, 9.17) is 9.26 Å². The summed E-state index contributed by atoms with van der Waals surface area (Å²) in [6.07, 6.45) is 3.46. The third kappa shape index (κ3) is 2.59. The van der Waals surface area contributed by atoms with Crippen LogP contribution in [-0.2, 0) is 11.2 Å². The van der Waals surface area contributed by atoms with Crippen LogP contribution >= 0.6 is 0 Å². The van der Waals surface area contributed by atoms with Crippen LogP contribution < -0.4 is 0 Å². The molecule has 0 aromatic carbocycles. The lowest BCUT2D eigenvalue weighted by molar-refractivity contribution is 0.116. The summed E-state index contributed by atoms with van der Waals surface area (Å²) in [5.41, 5.74) is 0.476. The quantitative estimate of drug-likeness (QED) is 0.863. The predicted octanol–water partition coefficient (Wildman–Crippen LogP) is 1.41. The van der Waals surface area contributed by atoms with E-state index >= 15 is 0 Å². The highest BCUT2D eigenvalue weighted by atomic mass is 16.5. The molecule has 90 valence electrons. The maximum absolute atomic E-state index is 9.59. The molecule has 0 saturated carbocycles. The average Bonchev–Trinajstić information content (AvgIpc) is 2.78. The lowest BCUT2D eigenvalue weighted by Gasteiger charge is -2.03. The molecule has 1 unspecified atom stereocenters. The summed E-state index contributed by atoms with van der Waals surface area (Å²) < 4.78 is 10.2. The minimum Gasteiger partial charge on any atom is -0.505 e. The number of hydrogen-bond acceptors (Lipinski definition) is 6. The Morgan fingerprint density at radius 3 is 3.06 bits per heavy atom. The fraction of sp³-hybridized carbons (Fsp3) is 0.364. The summed E-state index contributed by atoms with van der Waals surface area (Å²) in [7, 11) is 1.63. The van der Waals surface area contributed by atoms with Gasteiger partial charge in [-0.25, -0.2) is 0 Å². The third-order valence-electron chi connectivity index (χ3n) is 2.37.